The fraction of sp³-hybridized carbons (Fsp3) is 0.737. The van der Waals surface area contributed by atoms with Gasteiger partial charge < -0.3 is 48.4 Å². The Balaban J connectivity index is 0.000000254. The number of fused-ring (bicyclic) bond motifs is 4. The average molecular weight is 1240 g/mol. The number of ether oxygens (including phenoxy) is 4. The zero-order valence-corrected chi connectivity index (χ0v) is 59.3. The van der Waals surface area contributed by atoms with E-state index in [0.29, 0.717) is 48.8 Å². The summed E-state index contributed by atoms with van der Waals surface area (Å²) in [5, 5.41) is 2.31. The SMILES string of the molecule is C=CC1CCC2OC2C1.C[SiH](C)O[Si](O[SiH](C)C)(O[SiH](C)C)c1ccccc1.C[Si](C)(CCC1CCC2OC2C1)O[Si](O[Si](C)(C)CCC1CCC2OC2C1)(O[Si](C)(C)CCC1CCC2OC2C1)c1ccccc1.[CH-]=O.[V]. The van der Waals surface area contributed by atoms with Gasteiger partial charge in [-0.25, -0.2) is 0 Å². The number of hydrogen-bond acceptors (Lipinski definition) is 11. The monoisotopic (exact) mass is 1240 g/mol. The van der Waals surface area contributed by atoms with E-state index < -0.39 is 69.7 Å². The van der Waals surface area contributed by atoms with Crippen molar-refractivity contribution >= 4 is 86.8 Å². The van der Waals surface area contributed by atoms with Crippen LogP contribution in [0.15, 0.2) is 73.3 Å². The van der Waals surface area contributed by atoms with Crippen molar-refractivity contribution < 1.29 is 67.0 Å². The Morgan fingerprint density at radius 2 is 0.766 bits per heavy atom. The molecule has 12 unspecified atom stereocenters. The van der Waals surface area contributed by atoms with Crippen molar-refractivity contribution in [2.24, 2.45) is 23.7 Å². The maximum atomic E-state index is 7.75. The molecule has 1 radical (unpaired) electrons. The number of carbonyl (C=O) groups excluding carboxylic acids is 1. The van der Waals surface area contributed by atoms with Crippen molar-refractivity contribution in [1.82, 2.24) is 0 Å². The predicted molar refractivity (Wildman–Crippen MR) is 328 cm³/mol. The largest absolute Gasteiger partial charge is 0.545 e. The summed E-state index contributed by atoms with van der Waals surface area (Å²) in [4.78, 5) is 7.75. The van der Waals surface area contributed by atoms with Crippen LogP contribution in [0.4, 0.5) is 0 Å². The van der Waals surface area contributed by atoms with Crippen molar-refractivity contribution in [3.63, 3.8) is 0 Å². The first-order valence-electron chi connectivity index (χ1n) is 29.8. The first-order chi connectivity index (χ1) is 36.1. The summed E-state index contributed by atoms with van der Waals surface area (Å²) < 4.78 is 65.1. The number of epoxide rings is 4. The zero-order chi connectivity index (χ0) is 54.9. The summed E-state index contributed by atoms with van der Waals surface area (Å²) >= 11 is 0. The van der Waals surface area contributed by atoms with Gasteiger partial charge in [-0.1, -0.05) is 86.0 Å². The molecule has 12 atom stereocenters. The topological polar surface area (TPSA) is 123 Å². The van der Waals surface area contributed by atoms with E-state index in [2.05, 4.69) is 140 Å². The van der Waals surface area contributed by atoms with Crippen LogP contribution in [0.5, 0.6) is 0 Å². The van der Waals surface area contributed by atoms with E-state index in [4.69, 9.17) is 48.4 Å². The van der Waals surface area contributed by atoms with Crippen molar-refractivity contribution in [1.29, 1.82) is 0 Å². The van der Waals surface area contributed by atoms with Gasteiger partial charge in [-0.05, 0) is 197 Å². The Kier molecular flexibility index (Phi) is 25.3. The second kappa shape index (κ2) is 29.5. The molecular weight excluding hydrogens is 1140 g/mol. The maximum absolute atomic E-state index is 7.75. The Morgan fingerprint density at radius 3 is 1.05 bits per heavy atom. The Labute approximate surface area is 489 Å². The summed E-state index contributed by atoms with van der Waals surface area (Å²) in [5.41, 5.74) is 0. The molecular formula is C57H101O11Si8V-. The fourth-order valence-electron chi connectivity index (χ4n) is 12.5. The molecule has 4 aliphatic carbocycles. The van der Waals surface area contributed by atoms with Crippen molar-refractivity contribution in [2.75, 3.05) is 0 Å². The molecule has 0 aromatic heterocycles. The van der Waals surface area contributed by atoms with Gasteiger partial charge in [0.1, 0.15) is 0 Å². The minimum Gasteiger partial charge on any atom is -0.545 e. The molecule has 77 heavy (non-hydrogen) atoms. The van der Waals surface area contributed by atoms with Crippen LogP contribution in [-0.2, 0) is 67.0 Å². The molecule has 10 rings (SSSR count). The summed E-state index contributed by atoms with van der Waals surface area (Å²) in [5.74, 6) is 3.04. The van der Waals surface area contributed by atoms with Crippen molar-refractivity contribution in [2.45, 2.75) is 242 Å². The molecule has 4 heterocycles. The van der Waals surface area contributed by atoms with E-state index in [1.54, 1.807) is 0 Å². The second-order valence-electron chi connectivity index (χ2n) is 26.2. The third-order valence-corrected chi connectivity index (χ3v) is 42.6. The second-order valence-corrected chi connectivity index (χ2v) is 53.3. The number of rotatable bonds is 24. The average Bonchev–Trinajstić information content (AvgIpc) is 4.17. The van der Waals surface area contributed by atoms with Crippen LogP contribution in [0.2, 0.25) is 96.7 Å². The maximum Gasteiger partial charge on any atom is 0.505 e. The zero-order valence-electron chi connectivity index (χ0n) is 49.5. The molecule has 2 aromatic carbocycles. The molecule has 11 nitrogen and oxygen atoms in total. The molecule has 2 aromatic rings. The molecule has 0 spiro atoms. The van der Waals surface area contributed by atoms with E-state index in [1.807, 2.05) is 18.2 Å². The third kappa shape index (κ3) is 20.8. The first kappa shape index (κ1) is 65.9. The van der Waals surface area contributed by atoms with Crippen LogP contribution in [0, 0.1) is 23.7 Å². The van der Waals surface area contributed by atoms with Gasteiger partial charge in [-0.2, -0.15) is 0 Å². The standard InChI is InChI=1S/C36H62O6Si4.C12H26O3Si4.C8H12O.CHO.V/c1-43(2,21-18-27-12-15-31-34(24-27)37-31)40-46(30-10-8-7-9-11-30,41-44(3,4)22-19-28-13-16-32-35(25-28)38-32)42-45(5,6)23-20-29-14-17-33-36(26-29)39-33;1-16(2)13-19(14-17(3)4,15-18(5)6)12-10-8-7-9-11-12;1-2-6-3-4-7-8(5-6)9-7;1-2;/h7-11,27-29,31-36H,12-26H2,1-6H3;7-11,16-18H,1-6H3;2,6-8H,1,3-5H2;1H;/q;;;-1;. The summed E-state index contributed by atoms with van der Waals surface area (Å²) in [6.07, 6.45) is 25.5. The molecule has 4 saturated carbocycles. The van der Waals surface area contributed by atoms with E-state index in [0.717, 1.165) is 47.0 Å². The molecule has 4 aliphatic heterocycles. The minimum atomic E-state index is -3.24. The third-order valence-electron chi connectivity index (χ3n) is 16.8. The predicted octanol–water partition coefficient (Wildman–Crippen LogP) is 11.7. The van der Waals surface area contributed by atoms with Crippen LogP contribution in [0.25, 0.3) is 0 Å². The summed E-state index contributed by atoms with van der Waals surface area (Å²) in [6, 6.07) is 24.7. The number of hydrogen-bond donors (Lipinski definition) is 0. The van der Waals surface area contributed by atoms with Gasteiger partial charge in [-0.15, -0.1) is 6.58 Å². The van der Waals surface area contributed by atoms with Gasteiger partial charge in [0.05, 0.1) is 48.8 Å². The number of allylic oxidation sites excluding steroid dienone is 1. The van der Waals surface area contributed by atoms with Crippen LogP contribution in [0.1, 0.15) is 96.3 Å². The van der Waals surface area contributed by atoms with Gasteiger partial charge in [0.15, 0.2) is 52.1 Å². The van der Waals surface area contributed by atoms with Crippen molar-refractivity contribution in [3.05, 3.63) is 73.3 Å². The van der Waals surface area contributed by atoms with Crippen LogP contribution >= 0.6 is 0 Å². The van der Waals surface area contributed by atoms with E-state index in [1.165, 1.54) is 101 Å². The smallest absolute Gasteiger partial charge is 0.505 e. The molecule has 0 bridgehead atoms. The Bertz CT molecular complexity index is 1940. The van der Waals surface area contributed by atoms with Gasteiger partial charge in [-0.3, -0.25) is 6.79 Å². The normalized spacial score (nSPS) is 30.6. The van der Waals surface area contributed by atoms with E-state index in [9.17, 15) is 0 Å². The van der Waals surface area contributed by atoms with Gasteiger partial charge in [0, 0.05) is 28.9 Å². The van der Waals surface area contributed by atoms with Crippen LogP contribution in [-0.4, -0.2) is 125 Å². The number of benzene rings is 2. The van der Waals surface area contributed by atoms with Gasteiger partial charge in [0.2, 0.25) is 0 Å². The molecule has 20 heteroatoms. The van der Waals surface area contributed by atoms with E-state index >= 15 is 0 Å². The molecule has 433 valence electrons. The van der Waals surface area contributed by atoms with Gasteiger partial charge >= 0.3 is 17.6 Å². The molecule has 4 saturated heterocycles. The Hall–Kier alpha value is -0.231. The quantitative estimate of drug-likeness (QED) is 0.0328. The van der Waals surface area contributed by atoms with E-state index in [-0.39, 0.29) is 18.6 Å². The first-order valence-corrected chi connectivity index (χ1v) is 51.0. The molecule has 8 aliphatic rings. The fourth-order valence-corrected chi connectivity index (χ4v) is 41.3. The van der Waals surface area contributed by atoms with Crippen LogP contribution < -0.4 is 10.4 Å². The molecule has 0 amide bonds. The van der Waals surface area contributed by atoms with Crippen molar-refractivity contribution in [3.8, 4) is 0 Å². The molecule has 0 N–H and O–H groups in total. The van der Waals surface area contributed by atoms with Crippen LogP contribution in [0.3, 0.4) is 0 Å². The summed E-state index contributed by atoms with van der Waals surface area (Å²) in [6.45, 7) is 34.8. The van der Waals surface area contributed by atoms with Gasteiger partial charge in [0.25, 0.3) is 0 Å². The Morgan fingerprint density at radius 1 is 0.468 bits per heavy atom. The minimum absolute atomic E-state index is 0. The summed E-state index contributed by atoms with van der Waals surface area (Å²) in [7, 11) is -16.0. The molecule has 8 fully saturated rings.